The van der Waals surface area contributed by atoms with Crippen molar-refractivity contribution in [3.63, 3.8) is 0 Å². The summed E-state index contributed by atoms with van der Waals surface area (Å²) < 4.78 is 0. The van der Waals surface area contributed by atoms with E-state index >= 15 is 0 Å². The number of amides is 1. The van der Waals surface area contributed by atoms with Gasteiger partial charge >= 0.3 is 0 Å². The van der Waals surface area contributed by atoms with Gasteiger partial charge in [-0.2, -0.15) is 0 Å². The van der Waals surface area contributed by atoms with Gasteiger partial charge in [0.2, 0.25) is 0 Å². The van der Waals surface area contributed by atoms with E-state index in [9.17, 15) is 4.79 Å². The molecule has 0 saturated heterocycles. The Morgan fingerprint density at radius 2 is 1.83 bits per heavy atom. The second-order valence-corrected chi connectivity index (χ2v) is 5.90. The van der Waals surface area contributed by atoms with Crippen LogP contribution in [0.15, 0.2) is 48.5 Å². The summed E-state index contributed by atoms with van der Waals surface area (Å²) in [5.74, 6) is -0.120. The summed E-state index contributed by atoms with van der Waals surface area (Å²) >= 11 is 0. The first-order valence-corrected chi connectivity index (χ1v) is 8.37. The molecule has 0 spiro atoms. The van der Waals surface area contributed by atoms with Crippen molar-refractivity contribution in [1.29, 1.82) is 0 Å². The van der Waals surface area contributed by atoms with Gasteiger partial charge in [-0.3, -0.25) is 4.79 Å². The Balaban J connectivity index is 1.81. The first-order valence-electron chi connectivity index (χ1n) is 8.37. The second-order valence-electron chi connectivity index (χ2n) is 5.90. The molecular weight excluding hydrogens is 298 g/mol. The Kier molecular flexibility index (Phi) is 4.56. The first kappa shape index (κ1) is 16.1. The second kappa shape index (κ2) is 6.79. The van der Waals surface area contributed by atoms with Crippen molar-refractivity contribution in [1.82, 2.24) is 4.98 Å². The molecule has 0 aliphatic rings. The largest absolute Gasteiger partial charge is 0.372 e. The minimum Gasteiger partial charge on any atom is -0.372 e. The van der Waals surface area contributed by atoms with Gasteiger partial charge in [0.15, 0.2) is 0 Å². The van der Waals surface area contributed by atoms with Crippen molar-refractivity contribution in [2.24, 2.45) is 0 Å². The van der Waals surface area contributed by atoms with Gasteiger partial charge in [0.25, 0.3) is 5.91 Å². The number of fused-ring (bicyclic) bond motifs is 1. The molecule has 4 heteroatoms. The van der Waals surface area contributed by atoms with Crippen LogP contribution in [0.1, 0.15) is 29.9 Å². The average molecular weight is 321 g/mol. The third kappa shape index (κ3) is 3.13. The molecule has 2 aromatic carbocycles. The smallest absolute Gasteiger partial charge is 0.272 e. The molecule has 3 rings (SSSR count). The van der Waals surface area contributed by atoms with E-state index in [2.05, 4.69) is 41.2 Å². The van der Waals surface area contributed by atoms with Crippen molar-refractivity contribution < 1.29 is 4.79 Å². The van der Waals surface area contributed by atoms with E-state index in [0.717, 1.165) is 35.2 Å². The van der Waals surface area contributed by atoms with Gasteiger partial charge in [-0.05, 0) is 56.7 Å². The Hall–Kier alpha value is -2.75. The number of hydrogen-bond donors (Lipinski definition) is 2. The first-order chi connectivity index (χ1) is 11.6. The number of carbonyl (C=O) groups excluding carboxylic acids is 1. The molecule has 1 amide bonds. The number of hydrogen-bond acceptors (Lipinski definition) is 2. The van der Waals surface area contributed by atoms with E-state index in [1.54, 1.807) is 0 Å². The molecule has 4 nitrogen and oxygen atoms in total. The molecule has 0 bridgehead atoms. The van der Waals surface area contributed by atoms with E-state index in [1.165, 1.54) is 5.69 Å². The van der Waals surface area contributed by atoms with E-state index < -0.39 is 0 Å². The Bertz CT molecular complexity index is 829. The summed E-state index contributed by atoms with van der Waals surface area (Å²) in [5.41, 5.74) is 4.62. The number of aromatic amines is 1. The van der Waals surface area contributed by atoms with Crippen LogP contribution in [0.5, 0.6) is 0 Å². The SMILES string of the molecule is CCN(CC)c1ccc(NC(=O)c2cc3ccccc3[nH]2)c(C)c1. The summed E-state index contributed by atoms with van der Waals surface area (Å²) in [6.45, 7) is 8.25. The van der Waals surface area contributed by atoms with Crippen LogP contribution >= 0.6 is 0 Å². The predicted octanol–water partition coefficient (Wildman–Crippen LogP) is 4.57. The van der Waals surface area contributed by atoms with E-state index in [0.29, 0.717) is 5.69 Å². The van der Waals surface area contributed by atoms with E-state index in [1.807, 2.05) is 43.3 Å². The lowest BCUT2D eigenvalue weighted by Crippen LogP contribution is -2.22. The summed E-state index contributed by atoms with van der Waals surface area (Å²) in [6.07, 6.45) is 0. The molecule has 0 aliphatic carbocycles. The molecule has 0 fully saturated rings. The van der Waals surface area contributed by atoms with Crippen LogP contribution in [0.4, 0.5) is 11.4 Å². The van der Waals surface area contributed by atoms with Crippen LogP contribution in [0.2, 0.25) is 0 Å². The highest BCUT2D eigenvalue weighted by molar-refractivity contribution is 6.06. The normalized spacial score (nSPS) is 10.8. The molecule has 2 N–H and O–H groups in total. The van der Waals surface area contributed by atoms with Crippen LogP contribution in [0, 0.1) is 6.92 Å². The van der Waals surface area contributed by atoms with Gasteiger partial charge in [0.1, 0.15) is 5.69 Å². The molecule has 0 unspecified atom stereocenters. The average Bonchev–Trinajstić information content (AvgIpc) is 3.02. The fraction of sp³-hybridized carbons (Fsp3) is 0.250. The van der Waals surface area contributed by atoms with Crippen LogP contribution in [0.25, 0.3) is 10.9 Å². The fourth-order valence-electron chi connectivity index (χ4n) is 2.96. The summed E-state index contributed by atoms with van der Waals surface area (Å²) in [7, 11) is 0. The standard InChI is InChI=1S/C20H23N3O/c1-4-23(5-2)16-10-11-17(14(3)12-16)22-20(24)19-13-15-8-6-7-9-18(15)21-19/h6-13,21H,4-5H2,1-3H3,(H,22,24). The van der Waals surface area contributed by atoms with Crippen molar-refractivity contribution in [3.05, 3.63) is 59.8 Å². The molecule has 0 atom stereocenters. The molecule has 3 aromatic rings. The Labute approximate surface area is 142 Å². The highest BCUT2D eigenvalue weighted by atomic mass is 16.1. The van der Waals surface area contributed by atoms with E-state index in [-0.39, 0.29) is 5.91 Å². The van der Waals surface area contributed by atoms with Gasteiger partial charge < -0.3 is 15.2 Å². The van der Waals surface area contributed by atoms with Gasteiger partial charge in [-0.1, -0.05) is 18.2 Å². The highest BCUT2D eigenvalue weighted by Gasteiger charge is 2.12. The third-order valence-electron chi connectivity index (χ3n) is 4.36. The van der Waals surface area contributed by atoms with Crippen molar-refractivity contribution >= 4 is 28.2 Å². The van der Waals surface area contributed by atoms with Crippen LogP contribution in [0.3, 0.4) is 0 Å². The lowest BCUT2D eigenvalue weighted by molar-refractivity contribution is 0.102. The zero-order valence-electron chi connectivity index (χ0n) is 14.4. The maximum absolute atomic E-state index is 12.5. The molecule has 0 aliphatic heterocycles. The Morgan fingerprint density at radius 1 is 1.08 bits per heavy atom. The number of aromatic nitrogens is 1. The monoisotopic (exact) mass is 321 g/mol. The maximum Gasteiger partial charge on any atom is 0.272 e. The molecular formula is C20H23N3O. The summed E-state index contributed by atoms with van der Waals surface area (Å²) in [6, 6.07) is 15.9. The molecule has 24 heavy (non-hydrogen) atoms. The Morgan fingerprint density at radius 3 is 2.50 bits per heavy atom. The number of H-pyrrole nitrogens is 1. The molecule has 1 aromatic heterocycles. The zero-order valence-corrected chi connectivity index (χ0v) is 14.4. The van der Waals surface area contributed by atoms with Crippen molar-refractivity contribution in [2.45, 2.75) is 20.8 Å². The predicted molar refractivity (Wildman–Crippen MR) is 101 cm³/mol. The van der Waals surface area contributed by atoms with Gasteiger partial charge in [-0.15, -0.1) is 0 Å². The topological polar surface area (TPSA) is 48.1 Å². The van der Waals surface area contributed by atoms with E-state index in [4.69, 9.17) is 0 Å². The van der Waals surface area contributed by atoms with Crippen LogP contribution in [-0.4, -0.2) is 24.0 Å². The number of benzene rings is 2. The molecule has 0 saturated carbocycles. The zero-order chi connectivity index (χ0) is 17.1. The van der Waals surface area contributed by atoms with Gasteiger partial charge in [0.05, 0.1) is 0 Å². The number of nitrogens with one attached hydrogen (secondary N) is 2. The quantitative estimate of drug-likeness (QED) is 0.723. The number of rotatable bonds is 5. The number of anilines is 2. The lowest BCUT2D eigenvalue weighted by atomic mass is 10.1. The molecule has 1 heterocycles. The number of aryl methyl sites for hydroxylation is 1. The number of carbonyl (C=O) groups is 1. The molecule has 0 radical (unpaired) electrons. The summed E-state index contributed by atoms with van der Waals surface area (Å²) in [5, 5.41) is 4.04. The fourth-order valence-corrected chi connectivity index (χ4v) is 2.96. The third-order valence-corrected chi connectivity index (χ3v) is 4.36. The number of nitrogens with zero attached hydrogens (tertiary/aromatic N) is 1. The van der Waals surface area contributed by atoms with Gasteiger partial charge in [-0.25, -0.2) is 0 Å². The maximum atomic E-state index is 12.5. The van der Waals surface area contributed by atoms with Crippen molar-refractivity contribution in [3.8, 4) is 0 Å². The van der Waals surface area contributed by atoms with Crippen LogP contribution < -0.4 is 10.2 Å². The molecule has 124 valence electrons. The minimum absolute atomic E-state index is 0.120. The lowest BCUT2D eigenvalue weighted by Gasteiger charge is -2.22. The van der Waals surface area contributed by atoms with Crippen LogP contribution in [-0.2, 0) is 0 Å². The summed E-state index contributed by atoms with van der Waals surface area (Å²) in [4.78, 5) is 18.0. The van der Waals surface area contributed by atoms with Gasteiger partial charge in [0, 0.05) is 35.4 Å². The van der Waals surface area contributed by atoms with Crippen molar-refractivity contribution in [2.75, 3.05) is 23.3 Å². The highest BCUT2D eigenvalue weighted by Crippen LogP contribution is 2.23. The number of para-hydroxylation sites is 1. The minimum atomic E-state index is -0.120.